The van der Waals surface area contributed by atoms with Crippen LogP contribution in [0.5, 0.6) is 0 Å². The fourth-order valence-electron chi connectivity index (χ4n) is 4.69. The first-order valence-electron chi connectivity index (χ1n) is 13.8. The van der Waals surface area contributed by atoms with E-state index < -0.39 is 22.0 Å². The van der Waals surface area contributed by atoms with Gasteiger partial charge in [-0.2, -0.15) is 0 Å². The van der Waals surface area contributed by atoms with Crippen LogP contribution in [0.2, 0.25) is 0 Å². The second kappa shape index (κ2) is 14.3. The second-order valence-corrected chi connectivity index (χ2v) is 12.0. The van der Waals surface area contributed by atoms with E-state index in [0.29, 0.717) is 28.2 Å². The summed E-state index contributed by atoms with van der Waals surface area (Å²) in [5.41, 5.74) is 2.25. The first-order chi connectivity index (χ1) is 19.8. The zero-order valence-corrected chi connectivity index (χ0v) is 24.7. The molecule has 1 unspecified atom stereocenters. The molecule has 2 N–H and O–H groups in total. The molecule has 9 nitrogen and oxygen atoms in total. The third-order valence-electron chi connectivity index (χ3n) is 6.76. The number of fused-ring (bicyclic) bond motifs is 1. The number of aryl methyl sites for hydroxylation is 1. The van der Waals surface area contributed by atoms with Gasteiger partial charge in [-0.3, -0.25) is 19.7 Å². The highest BCUT2D eigenvalue weighted by Crippen LogP contribution is 2.38. The Morgan fingerprint density at radius 2 is 1.76 bits per heavy atom. The number of anilines is 2. The number of hydrogen-bond donors (Lipinski definition) is 2. The van der Waals surface area contributed by atoms with Crippen molar-refractivity contribution in [2.45, 2.75) is 68.9 Å². The molecular formula is C30H33N3O6S2. The van der Waals surface area contributed by atoms with Crippen molar-refractivity contribution in [2.75, 3.05) is 17.2 Å². The molecular weight excluding hydrogens is 562 g/mol. The van der Waals surface area contributed by atoms with E-state index >= 15 is 0 Å². The largest absolute Gasteiger partial charge is 0.462 e. The van der Waals surface area contributed by atoms with Crippen LogP contribution in [0.3, 0.4) is 0 Å². The van der Waals surface area contributed by atoms with Crippen LogP contribution in [0.15, 0.2) is 53.4 Å². The lowest BCUT2D eigenvalue weighted by Crippen LogP contribution is -2.25. The highest BCUT2D eigenvalue weighted by Gasteiger charge is 2.28. The minimum atomic E-state index is -0.518. The standard InChI is InChI=1S/C30H33N3O6S2/c1-3-24(28(35)32-29-26(30(36)39-4-2)23-12-7-5-6-8-13-25(23)41-29)40-22-11-9-10-20(18-22)31-27(34)19-14-16-21(17-15-19)33(37)38/h9-11,14-18,24H,3-8,12-13H2,1-2H3,(H,31,34)(H,32,35). The number of esters is 1. The number of benzene rings is 2. The molecule has 4 rings (SSSR count). The summed E-state index contributed by atoms with van der Waals surface area (Å²) in [6.45, 7) is 3.97. The molecule has 1 heterocycles. The van der Waals surface area contributed by atoms with Crippen molar-refractivity contribution in [3.05, 3.63) is 80.2 Å². The normalized spacial score (nSPS) is 13.7. The smallest absolute Gasteiger partial charge is 0.341 e. The van der Waals surface area contributed by atoms with E-state index in [1.54, 1.807) is 25.1 Å². The van der Waals surface area contributed by atoms with Crippen LogP contribution in [-0.2, 0) is 22.4 Å². The number of nitro benzene ring substituents is 1. The Kier molecular flexibility index (Phi) is 10.5. The summed E-state index contributed by atoms with van der Waals surface area (Å²) < 4.78 is 5.37. The van der Waals surface area contributed by atoms with Gasteiger partial charge in [0.15, 0.2) is 0 Å². The molecule has 1 atom stereocenters. The Labute approximate surface area is 247 Å². The van der Waals surface area contributed by atoms with E-state index in [2.05, 4.69) is 10.6 Å². The van der Waals surface area contributed by atoms with Crippen LogP contribution in [0, 0.1) is 10.1 Å². The highest BCUT2D eigenvalue weighted by molar-refractivity contribution is 8.00. The number of nitro groups is 1. The van der Waals surface area contributed by atoms with E-state index in [4.69, 9.17) is 4.74 Å². The molecule has 3 aromatic rings. The van der Waals surface area contributed by atoms with Gasteiger partial charge in [-0.15, -0.1) is 23.1 Å². The molecule has 0 saturated heterocycles. The van der Waals surface area contributed by atoms with Gasteiger partial charge in [0.25, 0.3) is 11.6 Å². The van der Waals surface area contributed by atoms with Gasteiger partial charge < -0.3 is 15.4 Å². The van der Waals surface area contributed by atoms with E-state index in [1.807, 2.05) is 13.0 Å². The fraction of sp³-hybridized carbons (Fsp3) is 0.367. The quantitative estimate of drug-likeness (QED) is 0.109. The van der Waals surface area contributed by atoms with Gasteiger partial charge in [0.2, 0.25) is 5.91 Å². The van der Waals surface area contributed by atoms with E-state index in [0.717, 1.165) is 53.9 Å². The molecule has 1 aliphatic carbocycles. The highest BCUT2D eigenvalue weighted by atomic mass is 32.2. The molecule has 11 heteroatoms. The van der Waals surface area contributed by atoms with Crippen LogP contribution in [0.1, 0.15) is 77.1 Å². The number of carbonyl (C=O) groups excluding carboxylic acids is 3. The second-order valence-electron chi connectivity index (χ2n) is 9.63. The van der Waals surface area contributed by atoms with E-state index in [1.165, 1.54) is 47.4 Å². The summed E-state index contributed by atoms with van der Waals surface area (Å²) in [6, 6.07) is 12.5. The molecule has 2 amide bonds. The van der Waals surface area contributed by atoms with Crippen molar-refractivity contribution in [1.29, 1.82) is 0 Å². The van der Waals surface area contributed by atoms with Crippen molar-refractivity contribution in [3.8, 4) is 0 Å². The molecule has 1 aliphatic rings. The molecule has 0 aliphatic heterocycles. The third kappa shape index (κ3) is 7.74. The van der Waals surface area contributed by atoms with Crippen LogP contribution in [0.4, 0.5) is 16.4 Å². The maximum atomic E-state index is 13.5. The molecule has 0 spiro atoms. The van der Waals surface area contributed by atoms with E-state index in [9.17, 15) is 24.5 Å². The lowest BCUT2D eigenvalue weighted by Gasteiger charge is -2.16. The van der Waals surface area contributed by atoms with E-state index in [-0.39, 0.29) is 18.2 Å². The Morgan fingerprint density at radius 1 is 1.02 bits per heavy atom. The topological polar surface area (TPSA) is 128 Å². The van der Waals surface area contributed by atoms with Gasteiger partial charge in [-0.05, 0) is 74.9 Å². The van der Waals surface area contributed by atoms with Gasteiger partial charge in [-0.1, -0.05) is 25.8 Å². The van der Waals surface area contributed by atoms with Gasteiger partial charge >= 0.3 is 5.97 Å². The van der Waals surface area contributed by atoms with Gasteiger partial charge in [0.05, 0.1) is 22.3 Å². The molecule has 0 saturated carbocycles. The average Bonchev–Trinajstić information content (AvgIpc) is 3.27. The number of thioether (sulfide) groups is 1. The zero-order valence-electron chi connectivity index (χ0n) is 23.1. The summed E-state index contributed by atoms with van der Waals surface area (Å²) in [7, 11) is 0. The van der Waals surface area contributed by atoms with Gasteiger partial charge in [0, 0.05) is 33.2 Å². The predicted molar refractivity (Wildman–Crippen MR) is 162 cm³/mol. The number of nitrogens with one attached hydrogen (secondary N) is 2. The summed E-state index contributed by atoms with van der Waals surface area (Å²) >= 11 is 2.86. The van der Waals surface area contributed by atoms with Crippen molar-refractivity contribution in [3.63, 3.8) is 0 Å². The SMILES string of the molecule is CCOC(=O)c1c(NC(=O)C(CC)Sc2cccc(NC(=O)c3ccc([N+](=O)[O-])cc3)c2)sc2c1CCCCCC2. The molecule has 0 radical (unpaired) electrons. The summed E-state index contributed by atoms with van der Waals surface area (Å²) in [6.07, 6.45) is 6.61. The Hall–Kier alpha value is -3.70. The minimum Gasteiger partial charge on any atom is -0.462 e. The molecule has 216 valence electrons. The van der Waals surface area contributed by atoms with Crippen LogP contribution in [-0.4, -0.2) is 34.6 Å². The minimum absolute atomic E-state index is 0.0908. The molecule has 0 fully saturated rings. The van der Waals surface area contributed by atoms with Crippen LogP contribution in [0.25, 0.3) is 0 Å². The molecule has 1 aromatic heterocycles. The number of non-ortho nitro benzene ring substituents is 1. The maximum absolute atomic E-state index is 13.5. The van der Waals surface area contributed by atoms with Crippen LogP contribution >= 0.6 is 23.1 Å². The molecule has 41 heavy (non-hydrogen) atoms. The number of thiophene rings is 1. The number of rotatable bonds is 10. The van der Waals surface area contributed by atoms with Gasteiger partial charge in [0.1, 0.15) is 5.00 Å². The van der Waals surface area contributed by atoms with Crippen molar-refractivity contribution in [1.82, 2.24) is 0 Å². The average molecular weight is 596 g/mol. The van der Waals surface area contributed by atoms with Gasteiger partial charge in [-0.25, -0.2) is 4.79 Å². The number of ether oxygens (including phenoxy) is 1. The van der Waals surface area contributed by atoms with Crippen LogP contribution < -0.4 is 10.6 Å². The lowest BCUT2D eigenvalue weighted by molar-refractivity contribution is -0.384. The monoisotopic (exact) mass is 595 g/mol. The fourth-order valence-corrected chi connectivity index (χ4v) is 6.98. The first kappa shape index (κ1) is 30.3. The summed E-state index contributed by atoms with van der Waals surface area (Å²) in [5, 5.41) is 16.8. The summed E-state index contributed by atoms with van der Waals surface area (Å²) in [4.78, 5) is 51.4. The van der Waals surface area contributed by atoms with Crippen molar-refractivity contribution in [2.24, 2.45) is 0 Å². The Morgan fingerprint density at radius 3 is 2.44 bits per heavy atom. The predicted octanol–water partition coefficient (Wildman–Crippen LogP) is 7.25. The maximum Gasteiger partial charge on any atom is 0.341 e. The number of carbonyl (C=O) groups is 3. The lowest BCUT2D eigenvalue weighted by atomic mass is 9.96. The first-order valence-corrected chi connectivity index (χ1v) is 15.4. The van der Waals surface area contributed by atoms with Crippen molar-refractivity contribution < 1.29 is 24.0 Å². The Balaban J connectivity index is 1.47. The van der Waals surface area contributed by atoms with Crippen molar-refractivity contribution >= 4 is 57.3 Å². The number of amides is 2. The zero-order chi connectivity index (χ0) is 29.4. The third-order valence-corrected chi connectivity index (χ3v) is 9.33. The number of nitrogens with zero attached hydrogens (tertiary/aromatic N) is 1. The number of hydrogen-bond acceptors (Lipinski definition) is 8. The molecule has 2 aromatic carbocycles. The summed E-state index contributed by atoms with van der Waals surface area (Å²) in [5.74, 6) is -0.984. The molecule has 0 bridgehead atoms. The Bertz CT molecular complexity index is 1420.